The lowest BCUT2D eigenvalue weighted by Crippen LogP contribution is -2.25. The molecule has 216 valence electrons. The predicted octanol–water partition coefficient (Wildman–Crippen LogP) is 5.67. The molecule has 3 aromatic heterocycles. The van der Waals surface area contributed by atoms with Crippen LogP contribution in [0.1, 0.15) is 43.2 Å². The molecule has 9 nitrogen and oxygen atoms in total. The van der Waals surface area contributed by atoms with E-state index in [0.717, 1.165) is 53.6 Å². The van der Waals surface area contributed by atoms with Gasteiger partial charge in [-0.1, -0.05) is 30.9 Å². The van der Waals surface area contributed by atoms with Gasteiger partial charge >= 0.3 is 0 Å². The zero-order valence-electron chi connectivity index (χ0n) is 22.9. The van der Waals surface area contributed by atoms with E-state index in [4.69, 9.17) is 31.9 Å². The van der Waals surface area contributed by atoms with Crippen LogP contribution in [0.4, 0.5) is 15.8 Å². The Morgan fingerprint density at radius 3 is 2.78 bits per heavy atom. The molecule has 0 saturated heterocycles. The van der Waals surface area contributed by atoms with Crippen molar-refractivity contribution >= 4 is 34.3 Å². The van der Waals surface area contributed by atoms with Crippen molar-refractivity contribution in [2.75, 3.05) is 31.7 Å². The monoisotopic (exact) mass is 580 g/mol. The van der Waals surface area contributed by atoms with Crippen LogP contribution in [0.2, 0.25) is 5.02 Å². The van der Waals surface area contributed by atoms with E-state index in [0.29, 0.717) is 35.7 Å². The van der Waals surface area contributed by atoms with Gasteiger partial charge in [-0.3, -0.25) is 0 Å². The summed E-state index contributed by atoms with van der Waals surface area (Å²) in [4.78, 5) is 8.94. The van der Waals surface area contributed by atoms with Gasteiger partial charge < -0.3 is 25.6 Å². The highest BCUT2D eigenvalue weighted by Gasteiger charge is 2.20. The normalized spacial score (nSPS) is 14.5. The van der Waals surface area contributed by atoms with Crippen molar-refractivity contribution in [3.8, 4) is 17.0 Å². The summed E-state index contributed by atoms with van der Waals surface area (Å²) < 4.78 is 26.6. The summed E-state index contributed by atoms with van der Waals surface area (Å²) >= 11 is 6.27. The van der Waals surface area contributed by atoms with Gasteiger partial charge in [0.25, 0.3) is 0 Å². The number of amidine groups is 1. The Morgan fingerprint density at radius 1 is 1.17 bits per heavy atom. The predicted molar refractivity (Wildman–Crippen MR) is 159 cm³/mol. The summed E-state index contributed by atoms with van der Waals surface area (Å²) in [5.41, 5.74) is 11.9. The molecule has 41 heavy (non-hydrogen) atoms. The number of aliphatic imine (C=N–C) groups is 1. The van der Waals surface area contributed by atoms with E-state index in [1.807, 2.05) is 23.7 Å². The molecular formula is C30H34ClFN6O3. The van der Waals surface area contributed by atoms with Crippen molar-refractivity contribution in [3.63, 3.8) is 0 Å². The van der Waals surface area contributed by atoms with Crippen LogP contribution >= 0.6 is 11.6 Å². The number of nitrogens with two attached hydrogens (primary N) is 1. The van der Waals surface area contributed by atoms with E-state index in [-0.39, 0.29) is 24.7 Å². The van der Waals surface area contributed by atoms with Crippen molar-refractivity contribution in [3.05, 3.63) is 70.9 Å². The molecule has 0 spiro atoms. The smallest absolute Gasteiger partial charge is 0.213 e. The maximum Gasteiger partial charge on any atom is 0.213 e. The highest BCUT2D eigenvalue weighted by Crippen LogP contribution is 2.33. The Kier molecular flexibility index (Phi) is 9.33. The average Bonchev–Trinajstić information content (AvgIpc) is 3.40. The topological polar surface area (TPSA) is 119 Å². The van der Waals surface area contributed by atoms with Crippen molar-refractivity contribution in [2.45, 2.75) is 45.1 Å². The number of hydrogen-bond donors (Lipinski definition) is 3. The van der Waals surface area contributed by atoms with Crippen LogP contribution in [0.3, 0.4) is 0 Å². The molecule has 0 aliphatic heterocycles. The highest BCUT2D eigenvalue weighted by atomic mass is 35.5. The molecular weight excluding hydrogens is 547 g/mol. The number of benzene rings is 1. The van der Waals surface area contributed by atoms with Gasteiger partial charge in [-0.05, 0) is 43.5 Å². The van der Waals surface area contributed by atoms with Crippen molar-refractivity contribution < 1.29 is 19.0 Å². The highest BCUT2D eigenvalue weighted by molar-refractivity contribution is 6.33. The number of hydrogen-bond acceptors (Lipinski definition) is 7. The summed E-state index contributed by atoms with van der Waals surface area (Å²) in [5, 5.41) is 17.5. The van der Waals surface area contributed by atoms with Gasteiger partial charge in [-0.25, -0.2) is 18.9 Å². The molecule has 1 saturated carbocycles. The lowest BCUT2D eigenvalue weighted by atomic mass is 9.95. The molecule has 0 bridgehead atoms. The van der Waals surface area contributed by atoms with Crippen LogP contribution < -0.4 is 15.8 Å². The number of ether oxygens (including phenoxy) is 2. The number of fused-ring (bicyclic) bond motifs is 1. The summed E-state index contributed by atoms with van der Waals surface area (Å²) in [7, 11) is 0. The van der Waals surface area contributed by atoms with Gasteiger partial charge in [0.2, 0.25) is 5.88 Å². The number of aryl methyl sites for hydroxylation is 1. The first-order chi connectivity index (χ1) is 19.9. The van der Waals surface area contributed by atoms with E-state index >= 15 is 0 Å². The fourth-order valence-corrected chi connectivity index (χ4v) is 5.21. The largest absolute Gasteiger partial charge is 0.475 e. The zero-order chi connectivity index (χ0) is 28.8. The quantitative estimate of drug-likeness (QED) is 0.119. The summed E-state index contributed by atoms with van der Waals surface area (Å²) in [6.45, 7) is 2.97. The molecule has 4 N–H and O–H groups in total. The fraction of sp³-hybridized carbons (Fsp3) is 0.367. The molecule has 0 amide bonds. The molecule has 1 aliphatic carbocycles. The molecule has 11 heteroatoms. The number of pyridine rings is 1. The maximum atomic E-state index is 13.9. The first-order valence-corrected chi connectivity index (χ1v) is 14.2. The molecule has 1 fully saturated rings. The first-order valence-electron chi connectivity index (χ1n) is 13.8. The molecule has 5 rings (SSSR count). The summed E-state index contributed by atoms with van der Waals surface area (Å²) in [6.07, 6.45) is 11.1. The number of aliphatic hydroxyl groups is 1. The Bertz CT molecular complexity index is 1540. The molecule has 1 aromatic carbocycles. The number of anilines is 1. The van der Waals surface area contributed by atoms with Crippen molar-refractivity contribution in [2.24, 2.45) is 10.7 Å². The molecule has 4 aromatic rings. The molecule has 0 radical (unpaired) electrons. The minimum Gasteiger partial charge on any atom is -0.475 e. The fourth-order valence-electron chi connectivity index (χ4n) is 5.05. The molecule has 3 heterocycles. The van der Waals surface area contributed by atoms with Crippen LogP contribution in [0.15, 0.2) is 53.9 Å². The van der Waals surface area contributed by atoms with E-state index < -0.39 is 5.82 Å². The van der Waals surface area contributed by atoms with Crippen LogP contribution in [0.5, 0.6) is 5.88 Å². The Morgan fingerprint density at radius 2 is 2.00 bits per heavy atom. The second kappa shape index (κ2) is 13.3. The number of aromatic nitrogens is 3. The lowest BCUT2D eigenvalue weighted by Gasteiger charge is -2.25. The van der Waals surface area contributed by atoms with E-state index in [9.17, 15) is 4.39 Å². The minimum absolute atomic E-state index is 0.0208. The van der Waals surface area contributed by atoms with Crippen molar-refractivity contribution in [1.29, 1.82) is 0 Å². The van der Waals surface area contributed by atoms with E-state index in [2.05, 4.69) is 26.5 Å². The second-order valence-electron chi connectivity index (χ2n) is 10.1. The second-order valence-corrected chi connectivity index (χ2v) is 10.5. The number of nitrogens with one attached hydrogen (secondary N) is 1. The summed E-state index contributed by atoms with van der Waals surface area (Å²) in [5.74, 6) is 0.250. The van der Waals surface area contributed by atoms with Crippen LogP contribution in [-0.4, -0.2) is 58.0 Å². The Labute approximate surface area is 243 Å². The standard InChI is InChI=1S/C30H34ClFN6O3/c1-19-13-28(41-12-11-40-10-9-39)34-16-23(19)20-14-27-29(36-22-5-3-2-4-6-22)24(17-35-38(27)18-20)30(33)37-26-15-21(32)7-8-25(26)31/h7-8,13-18,22,36,39H,2-6,9-12H2,1H3,(H2,33,37). The number of nitrogens with zero attached hydrogens (tertiary/aromatic N) is 4. The number of rotatable bonds is 11. The third-order valence-corrected chi connectivity index (χ3v) is 7.45. The Balaban J connectivity index is 1.49. The van der Waals surface area contributed by atoms with Crippen LogP contribution in [0, 0.1) is 12.7 Å². The van der Waals surface area contributed by atoms with Crippen LogP contribution in [-0.2, 0) is 4.74 Å². The number of aliphatic hydroxyl groups excluding tert-OH is 1. The zero-order valence-corrected chi connectivity index (χ0v) is 23.7. The van der Waals surface area contributed by atoms with E-state index in [1.165, 1.54) is 24.6 Å². The molecule has 0 unspecified atom stereocenters. The van der Waals surface area contributed by atoms with Crippen LogP contribution in [0.25, 0.3) is 16.6 Å². The van der Waals surface area contributed by atoms with Gasteiger partial charge in [-0.15, -0.1) is 0 Å². The maximum absolute atomic E-state index is 13.9. The third-order valence-electron chi connectivity index (χ3n) is 7.13. The van der Waals surface area contributed by atoms with Gasteiger partial charge in [0.1, 0.15) is 18.3 Å². The number of halogens is 2. The average molecular weight is 581 g/mol. The van der Waals surface area contributed by atoms with Gasteiger partial charge in [-0.2, -0.15) is 5.10 Å². The SMILES string of the molecule is Cc1cc(OCCOCCO)ncc1-c1cc2c(NC3CCCCC3)c(C(N)=Nc3cc(F)ccc3Cl)cnn2c1. The minimum atomic E-state index is -0.443. The third kappa shape index (κ3) is 6.95. The van der Waals surface area contributed by atoms with Gasteiger partial charge in [0, 0.05) is 41.7 Å². The first kappa shape index (κ1) is 28.8. The van der Waals surface area contributed by atoms with E-state index in [1.54, 1.807) is 12.4 Å². The van der Waals surface area contributed by atoms with Gasteiger partial charge in [0.05, 0.1) is 53.5 Å². The lowest BCUT2D eigenvalue weighted by molar-refractivity contribution is 0.0695. The summed E-state index contributed by atoms with van der Waals surface area (Å²) in [6, 6.07) is 8.23. The molecule has 1 aliphatic rings. The Hall–Kier alpha value is -3.73. The molecule has 0 atom stereocenters. The van der Waals surface area contributed by atoms with Gasteiger partial charge in [0.15, 0.2) is 0 Å². The van der Waals surface area contributed by atoms with Crippen molar-refractivity contribution in [1.82, 2.24) is 14.6 Å².